The maximum absolute atomic E-state index is 13.0. The van der Waals surface area contributed by atoms with Gasteiger partial charge in [-0.05, 0) is 56.5 Å². The molecule has 1 N–H and O–H groups in total. The number of nitrogens with zero attached hydrogens (tertiary/aromatic N) is 2. The van der Waals surface area contributed by atoms with E-state index in [1.54, 1.807) is 24.3 Å². The Morgan fingerprint density at radius 1 is 1.20 bits per heavy atom. The van der Waals surface area contributed by atoms with Crippen molar-refractivity contribution in [2.75, 3.05) is 18.4 Å². The quantitative estimate of drug-likeness (QED) is 0.612. The lowest BCUT2D eigenvalue weighted by atomic mass is 9.99. The summed E-state index contributed by atoms with van der Waals surface area (Å²) in [5.41, 5.74) is 2.64. The van der Waals surface area contributed by atoms with E-state index in [1.165, 1.54) is 15.6 Å². The Morgan fingerprint density at radius 2 is 1.93 bits per heavy atom. The summed E-state index contributed by atoms with van der Waals surface area (Å²) in [5, 5.41) is 4.00. The minimum absolute atomic E-state index is 0.164. The molecule has 1 aliphatic heterocycles. The zero-order valence-electron chi connectivity index (χ0n) is 16.7. The van der Waals surface area contributed by atoms with Crippen LogP contribution in [-0.4, -0.2) is 36.7 Å². The second-order valence-electron chi connectivity index (χ2n) is 7.54. The molecule has 2 aromatic carbocycles. The highest BCUT2D eigenvalue weighted by atomic mass is 35.5. The van der Waals surface area contributed by atoms with Gasteiger partial charge in [0.05, 0.1) is 21.0 Å². The predicted octanol–water partition coefficient (Wildman–Crippen LogP) is 4.61. The van der Waals surface area contributed by atoms with E-state index in [-0.39, 0.29) is 17.3 Å². The number of aryl methyl sites for hydroxylation is 2. The molecule has 0 saturated carbocycles. The Balaban J connectivity index is 1.50. The average Bonchev–Trinajstić information content (AvgIpc) is 3.14. The van der Waals surface area contributed by atoms with Crippen LogP contribution in [0.4, 0.5) is 5.13 Å². The first-order valence-electron chi connectivity index (χ1n) is 9.69. The van der Waals surface area contributed by atoms with E-state index >= 15 is 0 Å². The fourth-order valence-corrected chi connectivity index (χ4v) is 6.20. The summed E-state index contributed by atoms with van der Waals surface area (Å²) in [6, 6.07) is 10.5. The third-order valence-electron chi connectivity index (χ3n) is 5.39. The number of thiazole rings is 1. The summed E-state index contributed by atoms with van der Waals surface area (Å²) in [6.45, 7) is 4.39. The normalized spacial score (nSPS) is 17.9. The molecule has 1 amide bonds. The summed E-state index contributed by atoms with van der Waals surface area (Å²) in [4.78, 5) is 17.6. The maximum atomic E-state index is 13.0. The van der Waals surface area contributed by atoms with Gasteiger partial charge >= 0.3 is 0 Å². The van der Waals surface area contributed by atoms with Crippen LogP contribution in [0.5, 0.6) is 0 Å². The molecular weight excluding hydrogens is 442 g/mol. The van der Waals surface area contributed by atoms with Crippen LogP contribution in [0.3, 0.4) is 0 Å². The molecule has 0 spiro atoms. The number of hydrogen-bond acceptors (Lipinski definition) is 5. The molecule has 0 radical (unpaired) electrons. The molecule has 1 saturated heterocycles. The van der Waals surface area contributed by atoms with E-state index < -0.39 is 15.9 Å². The van der Waals surface area contributed by atoms with Crippen LogP contribution in [0.1, 0.15) is 24.0 Å². The Morgan fingerprint density at radius 3 is 2.67 bits per heavy atom. The average molecular weight is 464 g/mol. The number of anilines is 1. The number of carbonyl (C=O) groups is 1. The van der Waals surface area contributed by atoms with Gasteiger partial charge < -0.3 is 5.32 Å². The van der Waals surface area contributed by atoms with Gasteiger partial charge in [0.2, 0.25) is 15.9 Å². The zero-order chi connectivity index (χ0) is 21.5. The Labute approximate surface area is 184 Å². The van der Waals surface area contributed by atoms with E-state index in [4.69, 9.17) is 11.6 Å². The van der Waals surface area contributed by atoms with Gasteiger partial charge in [0.15, 0.2) is 5.13 Å². The lowest BCUT2D eigenvalue weighted by molar-refractivity contribution is -0.120. The lowest BCUT2D eigenvalue weighted by Gasteiger charge is -2.31. The number of piperidine rings is 1. The topological polar surface area (TPSA) is 79.4 Å². The number of hydrogen-bond donors (Lipinski definition) is 1. The fourth-order valence-electron chi connectivity index (χ4n) is 3.60. The lowest BCUT2D eigenvalue weighted by Crippen LogP contribution is -2.43. The van der Waals surface area contributed by atoms with Gasteiger partial charge in [0, 0.05) is 18.1 Å². The summed E-state index contributed by atoms with van der Waals surface area (Å²) in [5.74, 6) is -0.628. The Bertz CT molecular complexity index is 1210. The number of rotatable bonds is 4. The van der Waals surface area contributed by atoms with Crippen molar-refractivity contribution in [3.8, 4) is 0 Å². The molecule has 3 aromatic rings. The van der Waals surface area contributed by atoms with Gasteiger partial charge in [-0.2, -0.15) is 4.31 Å². The van der Waals surface area contributed by atoms with Crippen molar-refractivity contribution in [3.05, 3.63) is 52.5 Å². The number of benzene rings is 2. The number of fused-ring (bicyclic) bond motifs is 1. The minimum Gasteiger partial charge on any atom is -0.302 e. The molecule has 0 bridgehead atoms. The standard InChI is InChI=1S/C21H22ClN3O3S2/c1-13-5-7-16(8-6-13)30(27,28)25-11-3-4-15(12-25)20(26)24-21-23-19-14(2)17(22)9-10-18(19)29-21/h5-10,15H,3-4,11-12H2,1-2H3,(H,23,24,26). The van der Waals surface area contributed by atoms with E-state index in [2.05, 4.69) is 10.3 Å². The van der Waals surface area contributed by atoms with E-state index in [0.717, 1.165) is 21.3 Å². The van der Waals surface area contributed by atoms with Crippen LogP contribution in [0, 0.1) is 19.8 Å². The van der Waals surface area contributed by atoms with Crippen molar-refractivity contribution in [2.45, 2.75) is 31.6 Å². The van der Waals surface area contributed by atoms with Crippen LogP contribution in [0.15, 0.2) is 41.3 Å². The van der Waals surface area contributed by atoms with Gasteiger partial charge in [-0.1, -0.05) is 40.6 Å². The first-order chi connectivity index (χ1) is 14.3. The number of aromatic nitrogens is 1. The Kier molecular flexibility index (Phi) is 5.85. The molecule has 2 heterocycles. The van der Waals surface area contributed by atoms with Crippen molar-refractivity contribution in [1.29, 1.82) is 0 Å². The second-order valence-corrected chi connectivity index (χ2v) is 10.9. The first kappa shape index (κ1) is 21.2. The molecule has 1 fully saturated rings. The smallest absolute Gasteiger partial charge is 0.243 e. The number of halogens is 1. The molecule has 1 unspecified atom stereocenters. The van der Waals surface area contributed by atoms with Gasteiger partial charge in [0.1, 0.15) is 0 Å². The van der Waals surface area contributed by atoms with Crippen molar-refractivity contribution in [3.63, 3.8) is 0 Å². The van der Waals surface area contributed by atoms with Crippen LogP contribution in [-0.2, 0) is 14.8 Å². The van der Waals surface area contributed by atoms with Gasteiger partial charge in [0.25, 0.3) is 0 Å². The predicted molar refractivity (Wildman–Crippen MR) is 121 cm³/mol. The SMILES string of the molecule is Cc1ccc(S(=O)(=O)N2CCCC(C(=O)Nc3nc4c(C)c(Cl)ccc4s3)C2)cc1. The number of carbonyl (C=O) groups excluding carboxylic acids is 1. The number of sulfonamides is 1. The second kappa shape index (κ2) is 8.26. The first-order valence-corrected chi connectivity index (χ1v) is 12.3. The van der Waals surface area contributed by atoms with Gasteiger partial charge in [-0.25, -0.2) is 13.4 Å². The largest absolute Gasteiger partial charge is 0.302 e. The number of nitrogens with one attached hydrogen (secondary N) is 1. The fraction of sp³-hybridized carbons (Fsp3) is 0.333. The maximum Gasteiger partial charge on any atom is 0.243 e. The van der Waals surface area contributed by atoms with Crippen LogP contribution < -0.4 is 5.32 Å². The highest BCUT2D eigenvalue weighted by Gasteiger charge is 2.33. The molecule has 0 aliphatic carbocycles. The monoisotopic (exact) mass is 463 g/mol. The number of amides is 1. The van der Waals surface area contributed by atoms with Crippen LogP contribution >= 0.6 is 22.9 Å². The van der Waals surface area contributed by atoms with E-state index in [1.807, 2.05) is 26.0 Å². The van der Waals surface area contributed by atoms with Crippen LogP contribution in [0.2, 0.25) is 5.02 Å². The molecular formula is C21H22ClN3O3S2. The van der Waals surface area contributed by atoms with Crippen LogP contribution in [0.25, 0.3) is 10.2 Å². The third-order valence-corrected chi connectivity index (χ3v) is 8.62. The molecule has 9 heteroatoms. The molecule has 1 aliphatic rings. The third kappa shape index (κ3) is 4.09. The molecule has 158 valence electrons. The van der Waals surface area contributed by atoms with E-state index in [0.29, 0.717) is 29.5 Å². The molecule has 4 rings (SSSR count). The van der Waals surface area contributed by atoms with Crippen molar-refractivity contribution < 1.29 is 13.2 Å². The Hall–Kier alpha value is -2.00. The van der Waals surface area contributed by atoms with Crippen molar-refractivity contribution >= 4 is 54.2 Å². The molecule has 1 aromatic heterocycles. The highest BCUT2D eigenvalue weighted by Crippen LogP contribution is 2.32. The van der Waals surface area contributed by atoms with E-state index in [9.17, 15) is 13.2 Å². The summed E-state index contributed by atoms with van der Waals surface area (Å²) < 4.78 is 28.3. The highest BCUT2D eigenvalue weighted by molar-refractivity contribution is 7.89. The van der Waals surface area contributed by atoms with Gasteiger partial charge in [-0.3, -0.25) is 4.79 Å². The van der Waals surface area contributed by atoms with Crippen molar-refractivity contribution in [1.82, 2.24) is 9.29 Å². The minimum atomic E-state index is -3.62. The van der Waals surface area contributed by atoms with Gasteiger partial charge in [-0.15, -0.1) is 0 Å². The zero-order valence-corrected chi connectivity index (χ0v) is 19.1. The van der Waals surface area contributed by atoms with Crippen molar-refractivity contribution in [2.24, 2.45) is 5.92 Å². The summed E-state index contributed by atoms with van der Waals surface area (Å²) >= 11 is 7.54. The molecule has 1 atom stereocenters. The molecule has 30 heavy (non-hydrogen) atoms. The summed E-state index contributed by atoms with van der Waals surface area (Å²) in [7, 11) is -3.62. The molecule has 6 nitrogen and oxygen atoms in total. The summed E-state index contributed by atoms with van der Waals surface area (Å²) in [6.07, 6.45) is 1.28.